The van der Waals surface area contributed by atoms with Crippen LogP contribution in [0.15, 0.2) is 66.0 Å². The third kappa shape index (κ3) is 3.69. The van der Waals surface area contributed by atoms with E-state index in [2.05, 4.69) is 10.3 Å². The second-order valence-electron chi connectivity index (χ2n) is 7.04. The maximum atomic E-state index is 12.7. The third-order valence-electron chi connectivity index (χ3n) is 5.11. The summed E-state index contributed by atoms with van der Waals surface area (Å²) in [6, 6.07) is 12.6. The molecule has 0 aliphatic carbocycles. The summed E-state index contributed by atoms with van der Waals surface area (Å²) in [6.45, 7) is 0. The van der Waals surface area contributed by atoms with Crippen LogP contribution >= 0.6 is 11.8 Å². The Morgan fingerprint density at radius 2 is 1.97 bits per heavy atom. The SMILES string of the molecule is N[C@@H](C(=O)N[C@@H]1C(=O)N2C(C(=O)O)=C(Cc3ccccn3)CS[C@H]12)c1ccccc1. The average Bonchev–Trinajstić information content (AvgIpc) is 2.77. The number of carbonyl (C=O) groups excluding carboxylic acids is 2. The number of benzene rings is 1. The van der Waals surface area contributed by atoms with Crippen molar-refractivity contribution in [2.24, 2.45) is 5.73 Å². The molecular formula is C21H20N4O4S. The summed E-state index contributed by atoms with van der Waals surface area (Å²) in [7, 11) is 0. The molecule has 3 atom stereocenters. The average molecular weight is 424 g/mol. The highest BCUT2D eigenvalue weighted by atomic mass is 32.2. The summed E-state index contributed by atoms with van der Waals surface area (Å²) in [5.41, 5.74) is 7.98. The number of nitrogens with zero attached hydrogens (tertiary/aromatic N) is 2. The van der Waals surface area contributed by atoms with E-state index in [-0.39, 0.29) is 5.70 Å². The molecular weight excluding hydrogens is 404 g/mol. The lowest BCUT2D eigenvalue weighted by atomic mass is 9.99. The maximum absolute atomic E-state index is 12.7. The van der Waals surface area contributed by atoms with Crippen LogP contribution in [0.3, 0.4) is 0 Å². The number of hydrogen-bond acceptors (Lipinski definition) is 6. The van der Waals surface area contributed by atoms with Crippen LogP contribution in [0, 0.1) is 0 Å². The van der Waals surface area contributed by atoms with Crippen molar-refractivity contribution in [3.05, 3.63) is 77.3 Å². The topological polar surface area (TPSA) is 126 Å². The lowest BCUT2D eigenvalue weighted by Gasteiger charge is -2.49. The van der Waals surface area contributed by atoms with E-state index in [0.717, 1.165) is 5.69 Å². The molecule has 2 amide bonds. The first kappa shape index (κ1) is 20.1. The molecule has 0 saturated carbocycles. The quantitative estimate of drug-likeness (QED) is 0.592. The Labute approximate surface area is 177 Å². The van der Waals surface area contributed by atoms with E-state index in [0.29, 0.717) is 23.3 Å². The predicted molar refractivity (Wildman–Crippen MR) is 111 cm³/mol. The van der Waals surface area contributed by atoms with Crippen LogP contribution in [-0.2, 0) is 20.8 Å². The van der Waals surface area contributed by atoms with Crippen LogP contribution in [0.5, 0.6) is 0 Å². The lowest BCUT2D eigenvalue weighted by molar-refractivity contribution is -0.150. The first-order valence-corrected chi connectivity index (χ1v) is 10.4. The van der Waals surface area contributed by atoms with Gasteiger partial charge in [0, 0.05) is 24.1 Å². The molecule has 1 aromatic heterocycles. The van der Waals surface area contributed by atoms with Gasteiger partial charge >= 0.3 is 5.97 Å². The molecule has 1 aromatic carbocycles. The summed E-state index contributed by atoms with van der Waals surface area (Å²) in [4.78, 5) is 42.7. The summed E-state index contributed by atoms with van der Waals surface area (Å²) < 4.78 is 0. The molecule has 8 nitrogen and oxygen atoms in total. The molecule has 4 N–H and O–H groups in total. The fourth-order valence-corrected chi connectivity index (χ4v) is 4.94. The fourth-order valence-electron chi connectivity index (χ4n) is 3.60. The molecule has 0 radical (unpaired) electrons. The molecule has 1 fully saturated rings. The van der Waals surface area contributed by atoms with Gasteiger partial charge in [-0.2, -0.15) is 0 Å². The second kappa shape index (κ2) is 8.29. The first-order valence-electron chi connectivity index (χ1n) is 9.38. The van der Waals surface area contributed by atoms with Crippen molar-refractivity contribution >= 4 is 29.5 Å². The van der Waals surface area contributed by atoms with Crippen molar-refractivity contribution in [2.45, 2.75) is 23.9 Å². The number of hydrogen-bond donors (Lipinski definition) is 3. The van der Waals surface area contributed by atoms with E-state index < -0.39 is 35.2 Å². The number of nitrogens with two attached hydrogens (primary N) is 1. The van der Waals surface area contributed by atoms with Gasteiger partial charge < -0.3 is 16.2 Å². The molecule has 9 heteroatoms. The summed E-state index contributed by atoms with van der Waals surface area (Å²) in [6.07, 6.45) is 1.99. The fraction of sp³-hybridized carbons (Fsp3) is 0.238. The second-order valence-corrected chi connectivity index (χ2v) is 8.14. The zero-order chi connectivity index (χ0) is 21.3. The third-order valence-corrected chi connectivity index (χ3v) is 6.45. The number of rotatable bonds is 6. The van der Waals surface area contributed by atoms with E-state index in [1.165, 1.54) is 16.7 Å². The molecule has 2 aliphatic rings. The predicted octanol–water partition coefficient (Wildman–Crippen LogP) is 1.06. The van der Waals surface area contributed by atoms with Crippen LogP contribution in [-0.4, -0.2) is 49.9 Å². The number of carbonyl (C=O) groups is 3. The molecule has 1 saturated heterocycles. The number of thioether (sulfide) groups is 1. The van der Waals surface area contributed by atoms with Gasteiger partial charge in [-0.3, -0.25) is 19.5 Å². The Morgan fingerprint density at radius 1 is 1.23 bits per heavy atom. The number of carboxylic acid groups (broad SMARTS) is 1. The van der Waals surface area contributed by atoms with Gasteiger partial charge in [0.15, 0.2) is 0 Å². The van der Waals surface area contributed by atoms with Crippen LogP contribution < -0.4 is 11.1 Å². The monoisotopic (exact) mass is 424 g/mol. The highest BCUT2D eigenvalue weighted by Gasteiger charge is 2.54. The summed E-state index contributed by atoms with van der Waals surface area (Å²) in [5, 5.41) is 12.0. The normalized spacial score (nSPS) is 21.5. The number of fused-ring (bicyclic) bond motifs is 1. The molecule has 2 aliphatic heterocycles. The van der Waals surface area contributed by atoms with E-state index in [1.807, 2.05) is 18.2 Å². The number of aromatic nitrogens is 1. The van der Waals surface area contributed by atoms with E-state index in [1.54, 1.807) is 36.5 Å². The van der Waals surface area contributed by atoms with E-state index in [9.17, 15) is 19.5 Å². The molecule has 2 aromatic rings. The summed E-state index contributed by atoms with van der Waals surface area (Å²) in [5.74, 6) is -1.65. The largest absolute Gasteiger partial charge is 0.477 e. The van der Waals surface area contributed by atoms with Gasteiger partial charge in [0.2, 0.25) is 5.91 Å². The van der Waals surface area contributed by atoms with Crippen molar-refractivity contribution < 1.29 is 19.5 Å². The minimum Gasteiger partial charge on any atom is -0.477 e. The van der Waals surface area contributed by atoms with Crippen molar-refractivity contribution in [2.75, 3.05) is 5.75 Å². The molecule has 154 valence electrons. The number of β-lactam (4-membered cyclic amide) rings is 1. The Hall–Kier alpha value is -3.17. The van der Waals surface area contributed by atoms with Crippen molar-refractivity contribution in [3.8, 4) is 0 Å². The molecule has 3 heterocycles. The molecule has 0 unspecified atom stereocenters. The van der Waals surface area contributed by atoms with Crippen LogP contribution in [0.25, 0.3) is 0 Å². The van der Waals surface area contributed by atoms with Crippen molar-refractivity contribution in [1.82, 2.24) is 15.2 Å². The Morgan fingerprint density at radius 3 is 2.63 bits per heavy atom. The van der Waals surface area contributed by atoms with Crippen LogP contribution in [0.1, 0.15) is 17.3 Å². The van der Waals surface area contributed by atoms with Gasteiger partial charge in [-0.1, -0.05) is 36.4 Å². The Kier molecular flexibility index (Phi) is 5.56. The highest BCUT2D eigenvalue weighted by Crippen LogP contribution is 2.41. The number of pyridine rings is 1. The van der Waals surface area contributed by atoms with Crippen LogP contribution in [0.4, 0.5) is 0 Å². The Bertz CT molecular complexity index is 1010. The van der Waals surface area contributed by atoms with Crippen LogP contribution in [0.2, 0.25) is 0 Å². The zero-order valence-electron chi connectivity index (χ0n) is 15.9. The maximum Gasteiger partial charge on any atom is 0.352 e. The first-order chi connectivity index (χ1) is 14.5. The standard InChI is InChI=1S/C21H20N4O4S/c22-15(12-6-2-1-3-7-12)18(26)24-16-19(27)25-17(21(28)29)13(11-30-20(16)25)10-14-8-4-5-9-23-14/h1-9,15-16,20H,10-11,22H2,(H,24,26)(H,28,29)/t15-,16-,20-/m1/s1. The van der Waals surface area contributed by atoms with Crippen molar-refractivity contribution in [1.29, 1.82) is 0 Å². The van der Waals surface area contributed by atoms with Gasteiger partial charge in [0.25, 0.3) is 5.91 Å². The van der Waals surface area contributed by atoms with Gasteiger partial charge in [0.1, 0.15) is 23.2 Å². The minimum atomic E-state index is -1.16. The number of amides is 2. The molecule has 0 bridgehead atoms. The van der Waals surface area contributed by atoms with Gasteiger partial charge in [0.05, 0.1) is 0 Å². The lowest BCUT2D eigenvalue weighted by Crippen LogP contribution is -2.71. The molecule has 0 spiro atoms. The van der Waals surface area contributed by atoms with Gasteiger partial charge in [-0.15, -0.1) is 11.8 Å². The zero-order valence-corrected chi connectivity index (χ0v) is 16.7. The molecule has 30 heavy (non-hydrogen) atoms. The smallest absolute Gasteiger partial charge is 0.352 e. The van der Waals surface area contributed by atoms with E-state index in [4.69, 9.17) is 5.73 Å². The summed E-state index contributed by atoms with van der Waals surface area (Å²) >= 11 is 1.42. The minimum absolute atomic E-state index is 0.0211. The number of nitrogens with one attached hydrogen (secondary N) is 1. The van der Waals surface area contributed by atoms with Gasteiger partial charge in [-0.05, 0) is 23.3 Å². The Balaban J connectivity index is 1.50. The van der Waals surface area contributed by atoms with Gasteiger partial charge in [-0.25, -0.2) is 4.79 Å². The van der Waals surface area contributed by atoms with Crippen molar-refractivity contribution in [3.63, 3.8) is 0 Å². The van der Waals surface area contributed by atoms with E-state index >= 15 is 0 Å². The number of carboxylic acids is 1. The number of aliphatic carboxylic acids is 1. The molecule has 4 rings (SSSR count). The highest BCUT2D eigenvalue weighted by molar-refractivity contribution is 8.00.